The summed E-state index contributed by atoms with van der Waals surface area (Å²) in [5.41, 5.74) is 0. The normalized spacial score (nSPS) is 20.4. The van der Waals surface area contributed by atoms with E-state index in [2.05, 4.69) is 19.2 Å². The third-order valence-corrected chi connectivity index (χ3v) is 3.82. The molecule has 90 valence electrons. The van der Waals surface area contributed by atoms with Crippen LogP contribution in [0.3, 0.4) is 0 Å². The van der Waals surface area contributed by atoms with E-state index in [0.717, 1.165) is 12.0 Å². The molecule has 0 spiro atoms. The van der Waals surface area contributed by atoms with Crippen LogP contribution >= 0.6 is 0 Å². The van der Waals surface area contributed by atoms with Crippen LogP contribution in [0.25, 0.3) is 0 Å². The molecule has 0 aromatic heterocycles. The molecule has 0 aliphatic heterocycles. The van der Waals surface area contributed by atoms with Crippen molar-refractivity contribution in [3.63, 3.8) is 0 Å². The van der Waals surface area contributed by atoms with E-state index in [4.69, 9.17) is 0 Å². The van der Waals surface area contributed by atoms with E-state index in [-0.39, 0.29) is 0 Å². The summed E-state index contributed by atoms with van der Waals surface area (Å²) in [6, 6.07) is 0.784. The molecule has 1 heteroatoms. The van der Waals surface area contributed by atoms with Gasteiger partial charge in [0, 0.05) is 6.04 Å². The van der Waals surface area contributed by atoms with Crippen molar-refractivity contribution >= 4 is 0 Å². The van der Waals surface area contributed by atoms with Crippen LogP contribution in [0.1, 0.15) is 71.6 Å². The van der Waals surface area contributed by atoms with Crippen LogP contribution in [0.5, 0.6) is 0 Å². The summed E-state index contributed by atoms with van der Waals surface area (Å²) in [5.74, 6) is 0.981. The van der Waals surface area contributed by atoms with Gasteiger partial charge in [-0.05, 0) is 38.1 Å². The molecule has 1 aliphatic carbocycles. The Hall–Kier alpha value is -0.0400. The van der Waals surface area contributed by atoms with Crippen molar-refractivity contribution in [2.75, 3.05) is 6.54 Å². The third-order valence-electron chi connectivity index (χ3n) is 3.82. The first-order chi connectivity index (χ1) is 7.36. The highest BCUT2D eigenvalue weighted by Gasteiger charge is 2.14. The zero-order valence-corrected chi connectivity index (χ0v) is 10.7. The summed E-state index contributed by atoms with van der Waals surface area (Å²) in [7, 11) is 0. The largest absolute Gasteiger partial charge is 0.314 e. The number of hydrogen-bond donors (Lipinski definition) is 1. The van der Waals surface area contributed by atoms with E-state index >= 15 is 0 Å². The number of unbranched alkanes of at least 4 members (excludes halogenated alkanes) is 1. The Morgan fingerprint density at radius 2 is 1.87 bits per heavy atom. The molecule has 1 nitrogen and oxygen atoms in total. The Bertz CT molecular complexity index is 138. The summed E-state index contributed by atoms with van der Waals surface area (Å²) in [4.78, 5) is 0. The number of hydrogen-bond acceptors (Lipinski definition) is 1. The van der Waals surface area contributed by atoms with Gasteiger partial charge < -0.3 is 5.32 Å². The minimum atomic E-state index is 0.784. The lowest BCUT2D eigenvalue weighted by Gasteiger charge is -2.25. The lowest BCUT2D eigenvalue weighted by Crippen LogP contribution is -2.33. The molecular formula is C14H29N. The van der Waals surface area contributed by atoms with Crippen molar-refractivity contribution < 1.29 is 0 Å². The molecule has 1 aliphatic rings. The molecule has 0 bridgehead atoms. The smallest absolute Gasteiger partial charge is 0.00645 e. The van der Waals surface area contributed by atoms with Crippen molar-refractivity contribution in [2.24, 2.45) is 5.92 Å². The summed E-state index contributed by atoms with van der Waals surface area (Å²) in [6.45, 7) is 5.88. The van der Waals surface area contributed by atoms with Gasteiger partial charge in [-0.1, -0.05) is 46.0 Å². The molecule has 0 radical (unpaired) electrons. The molecule has 0 aromatic carbocycles. The Labute approximate surface area is 96.0 Å². The molecule has 0 amide bonds. The summed E-state index contributed by atoms with van der Waals surface area (Å²) >= 11 is 0. The second-order valence-electron chi connectivity index (χ2n) is 5.16. The molecule has 15 heavy (non-hydrogen) atoms. The highest BCUT2D eigenvalue weighted by atomic mass is 14.9. The van der Waals surface area contributed by atoms with Crippen LogP contribution in [0.15, 0.2) is 0 Å². The lowest BCUT2D eigenvalue weighted by atomic mass is 9.89. The van der Waals surface area contributed by atoms with Crippen molar-refractivity contribution in [3.8, 4) is 0 Å². The molecule has 1 atom stereocenters. The first-order valence-electron chi connectivity index (χ1n) is 7.10. The van der Waals surface area contributed by atoms with E-state index < -0.39 is 0 Å². The molecule has 1 unspecified atom stereocenters. The maximum absolute atomic E-state index is 3.77. The zero-order valence-electron chi connectivity index (χ0n) is 10.7. The number of rotatable bonds is 7. The molecule has 1 rings (SSSR count). The van der Waals surface area contributed by atoms with Crippen LogP contribution in [-0.2, 0) is 0 Å². The molecular weight excluding hydrogens is 182 g/mol. The summed E-state index contributed by atoms with van der Waals surface area (Å²) < 4.78 is 0. The minimum absolute atomic E-state index is 0.784. The maximum atomic E-state index is 3.77. The molecule has 1 saturated carbocycles. The molecule has 0 aromatic rings. The average Bonchev–Trinajstić information content (AvgIpc) is 2.31. The fourth-order valence-corrected chi connectivity index (χ4v) is 2.63. The van der Waals surface area contributed by atoms with Gasteiger partial charge in [0.2, 0.25) is 0 Å². The van der Waals surface area contributed by atoms with Crippen molar-refractivity contribution in [2.45, 2.75) is 77.7 Å². The van der Waals surface area contributed by atoms with Crippen LogP contribution in [0.4, 0.5) is 0 Å². The number of nitrogens with one attached hydrogen (secondary N) is 1. The van der Waals surface area contributed by atoms with Gasteiger partial charge >= 0.3 is 0 Å². The van der Waals surface area contributed by atoms with Gasteiger partial charge in [0.15, 0.2) is 0 Å². The zero-order chi connectivity index (χ0) is 10.9. The minimum Gasteiger partial charge on any atom is -0.314 e. The van der Waals surface area contributed by atoms with Gasteiger partial charge in [-0.2, -0.15) is 0 Å². The fourth-order valence-electron chi connectivity index (χ4n) is 2.63. The van der Waals surface area contributed by atoms with Gasteiger partial charge in [-0.3, -0.25) is 0 Å². The molecule has 0 heterocycles. The molecule has 0 saturated heterocycles. The van der Waals surface area contributed by atoms with Crippen molar-refractivity contribution in [1.29, 1.82) is 0 Å². The van der Waals surface area contributed by atoms with E-state index in [1.54, 1.807) is 0 Å². The van der Waals surface area contributed by atoms with Crippen LogP contribution in [0.2, 0.25) is 0 Å². The predicted molar refractivity (Wildman–Crippen MR) is 68.2 cm³/mol. The second kappa shape index (κ2) is 8.15. The molecule has 1 N–H and O–H groups in total. The Kier molecular flexibility index (Phi) is 7.08. The van der Waals surface area contributed by atoms with E-state index in [0.29, 0.717) is 0 Å². The third kappa shape index (κ3) is 5.55. The maximum Gasteiger partial charge on any atom is 0.00645 e. The van der Waals surface area contributed by atoms with E-state index in [9.17, 15) is 0 Å². The van der Waals surface area contributed by atoms with Crippen molar-refractivity contribution in [3.05, 3.63) is 0 Å². The predicted octanol–water partition coefficient (Wildman–Crippen LogP) is 4.13. The highest BCUT2D eigenvalue weighted by Crippen LogP contribution is 2.23. The van der Waals surface area contributed by atoms with Gasteiger partial charge in [0.25, 0.3) is 0 Å². The van der Waals surface area contributed by atoms with Gasteiger partial charge in [0.05, 0.1) is 0 Å². The fraction of sp³-hybridized carbons (Fsp3) is 1.00. The highest BCUT2D eigenvalue weighted by molar-refractivity contribution is 4.71. The topological polar surface area (TPSA) is 12.0 Å². The van der Waals surface area contributed by atoms with E-state index in [1.165, 1.54) is 64.3 Å². The van der Waals surface area contributed by atoms with Crippen molar-refractivity contribution in [1.82, 2.24) is 5.32 Å². The quantitative estimate of drug-likeness (QED) is 0.668. The molecule has 1 fully saturated rings. The lowest BCUT2D eigenvalue weighted by molar-refractivity contribution is 0.318. The van der Waals surface area contributed by atoms with Gasteiger partial charge in [-0.15, -0.1) is 0 Å². The Morgan fingerprint density at radius 3 is 2.47 bits per heavy atom. The standard InChI is InChI=1S/C14H29N/c1-3-5-11-14(4-2)15-12-13-9-7-6-8-10-13/h13-15H,3-12H2,1-2H3. The Morgan fingerprint density at radius 1 is 1.13 bits per heavy atom. The van der Waals surface area contributed by atoms with E-state index in [1.807, 2.05) is 0 Å². The summed E-state index contributed by atoms with van der Waals surface area (Å²) in [6.07, 6.45) is 12.7. The second-order valence-corrected chi connectivity index (χ2v) is 5.16. The average molecular weight is 211 g/mol. The SMILES string of the molecule is CCCCC(CC)NCC1CCCCC1. The van der Waals surface area contributed by atoms with Gasteiger partial charge in [0.1, 0.15) is 0 Å². The first kappa shape index (κ1) is 13.0. The van der Waals surface area contributed by atoms with Crippen LogP contribution in [-0.4, -0.2) is 12.6 Å². The monoisotopic (exact) mass is 211 g/mol. The summed E-state index contributed by atoms with van der Waals surface area (Å²) in [5, 5.41) is 3.77. The van der Waals surface area contributed by atoms with Crippen LogP contribution < -0.4 is 5.32 Å². The van der Waals surface area contributed by atoms with Crippen LogP contribution in [0, 0.1) is 5.92 Å². The Balaban J connectivity index is 2.09. The first-order valence-corrected chi connectivity index (χ1v) is 7.10. The van der Waals surface area contributed by atoms with Gasteiger partial charge in [-0.25, -0.2) is 0 Å².